The largest absolute Gasteiger partial charge is 0.444 e. The Hall–Kier alpha value is -2.77. The molecular weight excluding hydrogens is 370 g/mol. The predicted molar refractivity (Wildman–Crippen MR) is 117 cm³/mol. The number of ether oxygens (including phenoxy) is 1. The molecule has 8 nitrogen and oxygen atoms in total. The van der Waals surface area contributed by atoms with Crippen molar-refractivity contribution < 1.29 is 14.3 Å². The predicted octanol–water partition coefficient (Wildman–Crippen LogP) is 2.66. The smallest absolute Gasteiger partial charge is 0.412 e. The van der Waals surface area contributed by atoms with Crippen molar-refractivity contribution in [1.82, 2.24) is 16.0 Å². The second-order valence-corrected chi connectivity index (χ2v) is 8.72. The molecule has 0 aromatic heterocycles. The van der Waals surface area contributed by atoms with Gasteiger partial charge in [-0.05, 0) is 65.7 Å². The fraction of sp³-hybridized carbons (Fsp3) is 0.571. The van der Waals surface area contributed by atoms with Gasteiger partial charge < -0.3 is 20.7 Å². The van der Waals surface area contributed by atoms with E-state index < -0.39 is 11.7 Å². The monoisotopic (exact) mass is 405 g/mol. The first-order chi connectivity index (χ1) is 13.4. The van der Waals surface area contributed by atoms with Crippen LogP contribution in [0.25, 0.3) is 0 Å². The van der Waals surface area contributed by atoms with Crippen LogP contribution in [0.15, 0.2) is 29.3 Å². The number of nitrogens with zero attached hydrogens (tertiary/aromatic N) is 1. The number of amides is 2. The Bertz CT molecular complexity index is 701. The van der Waals surface area contributed by atoms with E-state index in [0.29, 0.717) is 18.2 Å². The van der Waals surface area contributed by atoms with E-state index in [0.717, 1.165) is 12.0 Å². The number of carbonyl (C=O) groups excluding carboxylic acids is 2. The highest BCUT2D eigenvalue weighted by Crippen LogP contribution is 2.13. The number of guanidine groups is 1. The highest BCUT2D eigenvalue weighted by atomic mass is 16.6. The molecule has 0 aliphatic carbocycles. The molecule has 1 rings (SSSR count). The zero-order valence-electron chi connectivity index (χ0n) is 18.6. The second kappa shape index (κ2) is 10.7. The minimum Gasteiger partial charge on any atom is -0.444 e. The number of hydrogen-bond donors (Lipinski definition) is 4. The fourth-order valence-corrected chi connectivity index (χ4v) is 2.35. The number of benzene rings is 1. The topological polar surface area (TPSA) is 104 Å². The summed E-state index contributed by atoms with van der Waals surface area (Å²) in [7, 11) is 1.66. The Morgan fingerprint density at radius 1 is 1.00 bits per heavy atom. The lowest BCUT2D eigenvalue weighted by Gasteiger charge is -2.21. The Balaban J connectivity index is 2.39. The average molecular weight is 406 g/mol. The zero-order valence-corrected chi connectivity index (χ0v) is 18.6. The molecule has 0 atom stereocenters. The van der Waals surface area contributed by atoms with E-state index in [4.69, 9.17) is 4.74 Å². The molecule has 8 heteroatoms. The summed E-state index contributed by atoms with van der Waals surface area (Å²) in [6.45, 7) is 12.1. The lowest BCUT2D eigenvalue weighted by molar-refractivity contribution is -0.121. The number of hydrogen-bond acceptors (Lipinski definition) is 4. The van der Waals surface area contributed by atoms with Crippen molar-refractivity contribution in [3.63, 3.8) is 0 Å². The molecule has 0 radical (unpaired) electrons. The molecule has 162 valence electrons. The first-order valence-electron chi connectivity index (χ1n) is 9.72. The lowest BCUT2D eigenvalue weighted by atomic mass is 10.1. The van der Waals surface area contributed by atoms with Gasteiger partial charge in [-0.1, -0.05) is 12.1 Å². The van der Waals surface area contributed by atoms with Crippen LogP contribution < -0.4 is 21.3 Å². The molecule has 0 fully saturated rings. The van der Waals surface area contributed by atoms with E-state index >= 15 is 0 Å². The fourth-order valence-electron chi connectivity index (χ4n) is 2.35. The Morgan fingerprint density at radius 2 is 1.62 bits per heavy atom. The van der Waals surface area contributed by atoms with Gasteiger partial charge in [0.1, 0.15) is 5.60 Å². The van der Waals surface area contributed by atoms with E-state index in [-0.39, 0.29) is 18.0 Å². The number of nitrogens with one attached hydrogen (secondary N) is 4. The van der Waals surface area contributed by atoms with E-state index in [1.807, 2.05) is 65.8 Å². The first kappa shape index (κ1) is 24.3. The molecule has 1 aromatic rings. The van der Waals surface area contributed by atoms with E-state index in [2.05, 4.69) is 26.3 Å². The van der Waals surface area contributed by atoms with Gasteiger partial charge >= 0.3 is 6.09 Å². The molecule has 0 saturated heterocycles. The number of carbonyl (C=O) groups is 2. The molecule has 0 aliphatic heterocycles. The van der Waals surface area contributed by atoms with Gasteiger partial charge in [0.15, 0.2) is 5.96 Å². The van der Waals surface area contributed by atoms with Crippen LogP contribution in [-0.2, 0) is 16.0 Å². The van der Waals surface area contributed by atoms with Gasteiger partial charge in [-0.25, -0.2) is 4.79 Å². The highest BCUT2D eigenvalue weighted by Gasteiger charge is 2.16. The summed E-state index contributed by atoms with van der Waals surface area (Å²) < 4.78 is 5.23. The maximum absolute atomic E-state index is 11.9. The second-order valence-electron chi connectivity index (χ2n) is 8.72. The third kappa shape index (κ3) is 11.6. The third-order valence-corrected chi connectivity index (χ3v) is 3.46. The molecule has 1 aromatic carbocycles. The van der Waals surface area contributed by atoms with Crippen LogP contribution in [0.2, 0.25) is 0 Å². The van der Waals surface area contributed by atoms with Crippen molar-refractivity contribution >= 4 is 23.6 Å². The molecule has 0 heterocycles. The highest BCUT2D eigenvalue weighted by molar-refractivity contribution is 5.86. The normalized spacial score (nSPS) is 12.2. The molecule has 0 spiro atoms. The SMILES string of the molecule is CN=C(NCCc1ccc(NC(=O)OC(C)(C)C)cc1)NCC(=O)NC(C)(C)C. The van der Waals surface area contributed by atoms with Crippen molar-refractivity contribution in [2.45, 2.75) is 59.1 Å². The molecule has 0 unspecified atom stereocenters. The van der Waals surface area contributed by atoms with Crippen LogP contribution in [0.3, 0.4) is 0 Å². The van der Waals surface area contributed by atoms with Gasteiger partial charge in [-0.3, -0.25) is 15.1 Å². The number of aliphatic imine (C=N–C) groups is 1. The van der Waals surface area contributed by atoms with Crippen LogP contribution in [-0.4, -0.2) is 49.2 Å². The first-order valence-corrected chi connectivity index (χ1v) is 9.72. The van der Waals surface area contributed by atoms with Crippen LogP contribution in [0.1, 0.15) is 47.1 Å². The number of anilines is 1. The quantitative estimate of drug-likeness (QED) is 0.430. The van der Waals surface area contributed by atoms with Crippen LogP contribution in [0.5, 0.6) is 0 Å². The third-order valence-electron chi connectivity index (χ3n) is 3.46. The standard InChI is InChI=1S/C21H35N5O3/c1-20(2,3)26-17(27)14-24-18(22-7)23-13-12-15-8-10-16(11-9-15)25-19(28)29-21(4,5)6/h8-11H,12-14H2,1-7H3,(H,25,28)(H,26,27)(H2,22,23,24). The lowest BCUT2D eigenvalue weighted by Crippen LogP contribution is -2.48. The van der Waals surface area contributed by atoms with Gasteiger partial charge in [0, 0.05) is 24.8 Å². The maximum Gasteiger partial charge on any atom is 0.412 e. The summed E-state index contributed by atoms with van der Waals surface area (Å²) in [6.07, 6.45) is 0.291. The Kier molecular flexibility index (Phi) is 8.94. The van der Waals surface area contributed by atoms with Gasteiger partial charge in [-0.15, -0.1) is 0 Å². The van der Waals surface area contributed by atoms with Gasteiger partial charge in [0.2, 0.25) is 5.91 Å². The molecule has 29 heavy (non-hydrogen) atoms. The minimum absolute atomic E-state index is 0.0893. The van der Waals surface area contributed by atoms with Gasteiger partial charge in [0.05, 0.1) is 6.54 Å². The van der Waals surface area contributed by atoms with Crippen molar-refractivity contribution in [1.29, 1.82) is 0 Å². The molecule has 2 amide bonds. The molecular formula is C21H35N5O3. The summed E-state index contributed by atoms with van der Waals surface area (Å²) in [4.78, 5) is 27.8. The Labute approximate surface area is 173 Å². The summed E-state index contributed by atoms with van der Waals surface area (Å²) >= 11 is 0. The van der Waals surface area contributed by atoms with Crippen molar-refractivity contribution in [2.75, 3.05) is 25.5 Å². The van der Waals surface area contributed by atoms with Crippen molar-refractivity contribution in [2.24, 2.45) is 4.99 Å². The van der Waals surface area contributed by atoms with Gasteiger partial charge in [-0.2, -0.15) is 0 Å². The van der Waals surface area contributed by atoms with E-state index in [9.17, 15) is 9.59 Å². The van der Waals surface area contributed by atoms with E-state index in [1.54, 1.807) is 7.05 Å². The van der Waals surface area contributed by atoms with E-state index in [1.165, 1.54) is 0 Å². The Morgan fingerprint density at radius 3 is 2.14 bits per heavy atom. The van der Waals surface area contributed by atoms with Crippen LogP contribution >= 0.6 is 0 Å². The zero-order chi connectivity index (χ0) is 22.1. The molecule has 4 N–H and O–H groups in total. The minimum atomic E-state index is -0.532. The molecule has 0 bridgehead atoms. The summed E-state index contributed by atoms with van der Waals surface area (Å²) in [5, 5.41) is 11.8. The number of rotatable bonds is 6. The van der Waals surface area contributed by atoms with Crippen LogP contribution in [0, 0.1) is 0 Å². The van der Waals surface area contributed by atoms with Crippen LogP contribution in [0.4, 0.5) is 10.5 Å². The molecule has 0 saturated carbocycles. The summed E-state index contributed by atoms with van der Waals surface area (Å²) in [5.74, 6) is 0.478. The summed E-state index contributed by atoms with van der Waals surface area (Å²) in [5.41, 5.74) is 0.988. The average Bonchev–Trinajstić information content (AvgIpc) is 2.56. The summed E-state index contributed by atoms with van der Waals surface area (Å²) in [6, 6.07) is 7.56. The van der Waals surface area contributed by atoms with Gasteiger partial charge in [0.25, 0.3) is 0 Å². The maximum atomic E-state index is 11.9. The van der Waals surface area contributed by atoms with Crippen molar-refractivity contribution in [3.05, 3.63) is 29.8 Å². The molecule has 0 aliphatic rings. The van der Waals surface area contributed by atoms with Crippen molar-refractivity contribution in [3.8, 4) is 0 Å².